The van der Waals surface area contributed by atoms with Crippen LogP contribution < -0.4 is 15.2 Å². The van der Waals surface area contributed by atoms with Gasteiger partial charge >= 0.3 is 6.36 Å². The summed E-state index contributed by atoms with van der Waals surface area (Å²) in [6.07, 6.45) is -4.80. The number of halogens is 3. The summed E-state index contributed by atoms with van der Waals surface area (Å²) in [5.74, 6) is -0.274. The van der Waals surface area contributed by atoms with Crippen LogP contribution in [0.1, 0.15) is 5.56 Å². The minimum atomic E-state index is -4.80. The lowest BCUT2D eigenvalue weighted by atomic mass is 10.2. The van der Waals surface area contributed by atoms with Gasteiger partial charge in [0.2, 0.25) is 0 Å². The fraction of sp³-hybridized carbons (Fsp3) is 0.0714. The molecular formula is C14H10F3NO2S. The van der Waals surface area contributed by atoms with E-state index in [-0.39, 0.29) is 16.5 Å². The van der Waals surface area contributed by atoms with Crippen molar-refractivity contribution in [2.24, 2.45) is 5.73 Å². The normalized spacial score (nSPS) is 11.0. The lowest BCUT2D eigenvalue weighted by molar-refractivity contribution is -0.275. The molecule has 0 radical (unpaired) electrons. The van der Waals surface area contributed by atoms with Crippen LogP contribution in [-0.4, -0.2) is 11.4 Å². The predicted molar refractivity (Wildman–Crippen MR) is 75.5 cm³/mol. The van der Waals surface area contributed by atoms with E-state index in [1.54, 1.807) is 24.3 Å². The van der Waals surface area contributed by atoms with Gasteiger partial charge in [0, 0.05) is 0 Å². The smallest absolute Gasteiger partial charge is 0.453 e. The average Bonchev–Trinajstić information content (AvgIpc) is 2.40. The third-order valence-electron chi connectivity index (χ3n) is 2.45. The molecule has 0 fully saturated rings. The summed E-state index contributed by atoms with van der Waals surface area (Å²) < 4.78 is 46.4. The number of hydrogen-bond donors (Lipinski definition) is 1. The number of rotatable bonds is 4. The molecule has 2 aromatic carbocycles. The molecule has 3 nitrogen and oxygen atoms in total. The molecule has 2 rings (SSSR count). The number of alkyl halides is 3. The topological polar surface area (TPSA) is 44.5 Å². The molecule has 0 spiro atoms. The summed E-state index contributed by atoms with van der Waals surface area (Å²) in [5.41, 5.74) is 5.97. The summed E-state index contributed by atoms with van der Waals surface area (Å²) in [7, 11) is 0. The largest absolute Gasteiger partial charge is 0.573 e. The molecule has 0 bridgehead atoms. The Bertz CT molecular complexity index is 659. The highest BCUT2D eigenvalue weighted by molar-refractivity contribution is 7.80. The Morgan fingerprint density at radius 1 is 0.905 bits per heavy atom. The Morgan fingerprint density at radius 3 is 2.00 bits per heavy atom. The van der Waals surface area contributed by atoms with Gasteiger partial charge in [-0.3, -0.25) is 0 Å². The number of benzene rings is 2. The standard InChI is InChI=1S/C14H10F3NO2S/c15-14(16,17)20-12-8-4-3-7-11(12)19-10-6-2-1-5-9(10)13(18)21/h1-8H,(H2,18,21). The summed E-state index contributed by atoms with van der Waals surface area (Å²) >= 11 is 4.87. The maximum atomic E-state index is 12.3. The van der Waals surface area contributed by atoms with Crippen molar-refractivity contribution < 1.29 is 22.6 Å². The van der Waals surface area contributed by atoms with Crippen LogP contribution in [0, 0.1) is 0 Å². The van der Waals surface area contributed by atoms with Gasteiger partial charge in [-0.25, -0.2) is 0 Å². The number of thiocarbonyl (C=S) groups is 1. The maximum absolute atomic E-state index is 12.3. The highest BCUT2D eigenvalue weighted by atomic mass is 32.1. The Balaban J connectivity index is 2.35. The molecule has 21 heavy (non-hydrogen) atoms. The molecular weight excluding hydrogens is 303 g/mol. The zero-order valence-corrected chi connectivity index (χ0v) is 11.4. The molecule has 0 unspecified atom stereocenters. The van der Waals surface area contributed by atoms with Gasteiger partial charge in [0.15, 0.2) is 11.5 Å². The fourth-order valence-electron chi connectivity index (χ4n) is 1.62. The van der Waals surface area contributed by atoms with Crippen molar-refractivity contribution in [1.82, 2.24) is 0 Å². The summed E-state index contributed by atoms with van der Waals surface area (Å²) in [4.78, 5) is 0.0832. The Hall–Kier alpha value is -2.28. The highest BCUT2D eigenvalue weighted by Crippen LogP contribution is 2.35. The van der Waals surface area contributed by atoms with E-state index in [9.17, 15) is 13.2 Å². The highest BCUT2D eigenvalue weighted by Gasteiger charge is 2.32. The summed E-state index contributed by atoms with van der Waals surface area (Å²) in [6.45, 7) is 0. The van der Waals surface area contributed by atoms with E-state index in [0.29, 0.717) is 5.56 Å². The molecule has 110 valence electrons. The minimum Gasteiger partial charge on any atom is -0.453 e. The maximum Gasteiger partial charge on any atom is 0.573 e. The van der Waals surface area contributed by atoms with Crippen LogP contribution in [0.5, 0.6) is 17.2 Å². The summed E-state index contributed by atoms with van der Waals surface area (Å²) in [5, 5.41) is 0. The minimum absolute atomic E-state index is 0.0832. The molecule has 0 amide bonds. The summed E-state index contributed by atoms with van der Waals surface area (Å²) in [6, 6.07) is 12.0. The first-order chi connectivity index (χ1) is 9.87. The zero-order valence-electron chi connectivity index (χ0n) is 10.6. The van der Waals surface area contributed by atoms with Crippen LogP contribution in [0.4, 0.5) is 13.2 Å². The van der Waals surface area contributed by atoms with Crippen LogP contribution >= 0.6 is 12.2 Å². The van der Waals surface area contributed by atoms with Gasteiger partial charge in [-0.1, -0.05) is 36.5 Å². The third kappa shape index (κ3) is 4.09. The Kier molecular flexibility index (Phi) is 4.32. The van der Waals surface area contributed by atoms with Crippen LogP contribution in [-0.2, 0) is 0 Å². The van der Waals surface area contributed by atoms with E-state index in [1.165, 1.54) is 18.2 Å². The Morgan fingerprint density at radius 2 is 1.43 bits per heavy atom. The molecule has 2 aromatic rings. The lowest BCUT2D eigenvalue weighted by Crippen LogP contribution is -2.17. The molecule has 0 heterocycles. The third-order valence-corrected chi connectivity index (χ3v) is 2.67. The van der Waals surface area contributed by atoms with E-state index >= 15 is 0 Å². The van der Waals surface area contributed by atoms with Crippen LogP contribution in [0.3, 0.4) is 0 Å². The van der Waals surface area contributed by atoms with E-state index in [2.05, 4.69) is 4.74 Å². The van der Waals surface area contributed by atoms with Crippen molar-refractivity contribution in [2.75, 3.05) is 0 Å². The van der Waals surface area contributed by atoms with Crippen molar-refractivity contribution in [2.45, 2.75) is 6.36 Å². The van der Waals surface area contributed by atoms with Gasteiger partial charge in [0.25, 0.3) is 0 Å². The number of nitrogens with two attached hydrogens (primary N) is 1. The molecule has 0 aliphatic rings. The van der Waals surface area contributed by atoms with E-state index in [4.69, 9.17) is 22.7 Å². The molecule has 0 saturated heterocycles. The molecule has 7 heteroatoms. The van der Waals surface area contributed by atoms with Gasteiger partial charge in [0.05, 0.1) is 5.56 Å². The van der Waals surface area contributed by atoms with E-state index in [1.807, 2.05) is 0 Å². The second-order valence-electron chi connectivity index (χ2n) is 3.96. The first-order valence-corrected chi connectivity index (χ1v) is 6.19. The molecule has 0 atom stereocenters. The zero-order chi connectivity index (χ0) is 15.5. The van der Waals surface area contributed by atoms with Gasteiger partial charge < -0.3 is 15.2 Å². The van der Waals surface area contributed by atoms with Gasteiger partial charge in [0.1, 0.15) is 10.7 Å². The monoisotopic (exact) mass is 313 g/mol. The second-order valence-corrected chi connectivity index (χ2v) is 4.40. The first-order valence-electron chi connectivity index (χ1n) is 5.78. The molecule has 0 saturated carbocycles. The quantitative estimate of drug-likeness (QED) is 0.866. The lowest BCUT2D eigenvalue weighted by Gasteiger charge is -2.15. The number of hydrogen-bond acceptors (Lipinski definition) is 3. The van der Waals surface area contributed by atoms with Crippen LogP contribution in [0.25, 0.3) is 0 Å². The first kappa shape index (κ1) is 15.1. The number of ether oxygens (including phenoxy) is 2. The number of para-hydroxylation sites is 3. The van der Waals surface area contributed by atoms with Crippen molar-refractivity contribution in [3.63, 3.8) is 0 Å². The average molecular weight is 313 g/mol. The van der Waals surface area contributed by atoms with E-state index in [0.717, 1.165) is 6.07 Å². The molecule has 0 aliphatic heterocycles. The second kappa shape index (κ2) is 6.01. The molecule has 2 N–H and O–H groups in total. The van der Waals surface area contributed by atoms with Crippen molar-refractivity contribution >= 4 is 17.2 Å². The van der Waals surface area contributed by atoms with E-state index < -0.39 is 12.1 Å². The SMILES string of the molecule is NC(=S)c1ccccc1Oc1ccccc1OC(F)(F)F. The molecule has 0 aromatic heterocycles. The van der Waals surface area contributed by atoms with Crippen molar-refractivity contribution in [3.05, 3.63) is 54.1 Å². The van der Waals surface area contributed by atoms with Crippen molar-refractivity contribution in [1.29, 1.82) is 0 Å². The predicted octanol–water partition coefficient (Wildman–Crippen LogP) is 4.01. The van der Waals surface area contributed by atoms with Crippen LogP contribution in [0.15, 0.2) is 48.5 Å². The van der Waals surface area contributed by atoms with Gasteiger partial charge in [-0.15, -0.1) is 13.2 Å². The molecule has 0 aliphatic carbocycles. The van der Waals surface area contributed by atoms with Crippen molar-refractivity contribution in [3.8, 4) is 17.2 Å². The van der Waals surface area contributed by atoms with Crippen LogP contribution in [0.2, 0.25) is 0 Å². The Labute approximate surface area is 124 Å². The van der Waals surface area contributed by atoms with Gasteiger partial charge in [-0.2, -0.15) is 0 Å². The van der Waals surface area contributed by atoms with Gasteiger partial charge in [-0.05, 0) is 24.3 Å². The fourth-order valence-corrected chi connectivity index (χ4v) is 1.79.